The Kier molecular flexibility index (Phi) is 6.89. The molecule has 25 heavy (non-hydrogen) atoms. The van der Waals surface area contributed by atoms with Crippen molar-refractivity contribution in [3.05, 3.63) is 11.3 Å². The highest BCUT2D eigenvalue weighted by molar-refractivity contribution is 7.10. The van der Waals surface area contributed by atoms with Crippen LogP contribution in [0.15, 0.2) is 5.57 Å². The van der Waals surface area contributed by atoms with E-state index in [1.165, 1.54) is 17.6 Å². The quantitative estimate of drug-likeness (QED) is 0.324. The number of rotatable bonds is 6. The van der Waals surface area contributed by atoms with Crippen LogP contribution in [-0.4, -0.2) is 60.0 Å². The van der Waals surface area contributed by atoms with Gasteiger partial charge in [0.1, 0.15) is 16.3 Å². The average molecular weight is 369 g/mol. The highest BCUT2D eigenvalue weighted by Crippen LogP contribution is 2.28. The molecule has 2 unspecified atom stereocenters. The summed E-state index contributed by atoms with van der Waals surface area (Å²) < 4.78 is 19.6. The van der Waals surface area contributed by atoms with Crippen molar-refractivity contribution in [3.63, 3.8) is 0 Å². The zero-order valence-corrected chi connectivity index (χ0v) is 15.7. The maximum absolute atomic E-state index is 12.1. The molecule has 2 rings (SSSR count). The van der Waals surface area contributed by atoms with Gasteiger partial charge in [0.15, 0.2) is 0 Å². The molecule has 0 saturated carbocycles. The van der Waals surface area contributed by atoms with Crippen LogP contribution in [0.3, 0.4) is 0 Å². The molecule has 0 aromatic carbocycles. The van der Waals surface area contributed by atoms with Crippen LogP contribution in [0.4, 0.5) is 5.00 Å². The standard InChI is InChI=1S/C16H23N3O5S/c1-5-22-15(20)12(16(21)23-6-2)7-13-14(25-18-17-13)19-8-10(3)24-11(4)9-19/h7,10-11H,5-6,8-9H2,1-4H3. The summed E-state index contributed by atoms with van der Waals surface area (Å²) in [6, 6.07) is 0. The number of nitrogens with zero attached hydrogens (tertiary/aromatic N) is 3. The van der Waals surface area contributed by atoms with Gasteiger partial charge >= 0.3 is 11.9 Å². The highest BCUT2D eigenvalue weighted by Gasteiger charge is 2.27. The second kappa shape index (κ2) is 8.91. The number of esters is 2. The monoisotopic (exact) mass is 369 g/mol. The van der Waals surface area contributed by atoms with Gasteiger partial charge in [-0.1, -0.05) is 4.49 Å². The molecule has 1 fully saturated rings. The molecule has 0 N–H and O–H groups in total. The van der Waals surface area contributed by atoms with Crippen LogP contribution < -0.4 is 4.90 Å². The molecule has 0 spiro atoms. The zero-order valence-electron chi connectivity index (χ0n) is 14.9. The van der Waals surface area contributed by atoms with E-state index in [2.05, 4.69) is 14.5 Å². The largest absolute Gasteiger partial charge is 0.462 e. The first-order valence-corrected chi connectivity index (χ1v) is 9.02. The van der Waals surface area contributed by atoms with Crippen molar-refractivity contribution < 1.29 is 23.8 Å². The minimum atomic E-state index is -0.733. The van der Waals surface area contributed by atoms with Gasteiger partial charge in [-0.25, -0.2) is 9.59 Å². The Morgan fingerprint density at radius 2 is 1.76 bits per heavy atom. The normalized spacial score (nSPS) is 20.1. The summed E-state index contributed by atoms with van der Waals surface area (Å²) >= 11 is 1.21. The summed E-state index contributed by atoms with van der Waals surface area (Å²) in [6.07, 6.45) is 1.52. The van der Waals surface area contributed by atoms with E-state index in [1.807, 2.05) is 13.8 Å². The number of anilines is 1. The van der Waals surface area contributed by atoms with E-state index in [0.29, 0.717) is 18.8 Å². The van der Waals surface area contributed by atoms with Crippen LogP contribution in [0.5, 0.6) is 0 Å². The van der Waals surface area contributed by atoms with Crippen LogP contribution in [-0.2, 0) is 23.8 Å². The van der Waals surface area contributed by atoms with Crippen molar-refractivity contribution in [1.29, 1.82) is 0 Å². The van der Waals surface area contributed by atoms with Gasteiger partial charge < -0.3 is 19.1 Å². The van der Waals surface area contributed by atoms with Crippen LogP contribution >= 0.6 is 11.5 Å². The molecule has 2 heterocycles. The van der Waals surface area contributed by atoms with E-state index in [-0.39, 0.29) is 31.0 Å². The Hall–Kier alpha value is -2.00. The molecule has 1 aromatic heterocycles. The third-order valence-electron chi connectivity index (χ3n) is 3.47. The van der Waals surface area contributed by atoms with Crippen LogP contribution in [0.25, 0.3) is 6.08 Å². The van der Waals surface area contributed by atoms with Crippen molar-refractivity contribution in [1.82, 2.24) is 9.59 Å². The molecule has 1 aliphatic heterocycles. The van der Waals surface area contributed by atoms with E-state index in [9.17, 15) is 9.59 Å². The second-order valence-electron chi connectivity index (χ2n) is 5.62. The van der Waals surface area contributed by atoms with Crippen molar-refractivity contribution >= 4 is 34.5 Å². The predicted octanol–water partition coefficient (Wildman–Crippen LogP) is 1.66. The van der Waals surface area contributed by atoms with E-state index >= 15 is 0 Å². The highest BCUT2D eigenvalue weighted by atomic mass is 32.1. The van der Waals surface area contributed by atoms with E-state index in [1.54, 1.807) is 13.8 Å². The molecule has 1 aromatic rings. The van der Waals surface area contributed by atoms with Crippen molar-refractivity contribution in [3.8, 4) is 0 Å². The fourth-order valence-electron chi connectivity index (χ4n) is 2.60. The number of aromatic nitrogens is 2. The Morgan fingerprint density at radius 1 is 1.20 bits per heavy atom. The molecule has 0 amide bonds. The van der Waals surface area contributed by atoms with E-state index in [4.69, 9.17) is 14.2 Å². The van der Waals surface area contributed by atoms with Crippen molar-refractivity contribution in [2.45, 2.75) is 39.9 Å². The first kappa shape index (κ1) is 19.3. The summed E-state index contributed by atoms with van der Waals surface area (Å²) in [5, 5.41) is 4.85. The molecule has 2 atom stereocenters. The third-order valence-corrected chi connectivity index (χ3v) is 4.28. The van der Waals surface area contributed by atoms with Crippen LogP contribution in [0.1, 0.15) is 33.4 Å². The first-order valence-electron chi connectivity index (χ1n) is 8.24. The zero-order chi connectivity index (χ0) is 18.4. The number of hydrogen-bond acceptors (Lipinski definition) is 9. The lowest BCUT2D eigenvalue weighted by molar-refractivity contribution is -0.146. The van der Waals surface area contributed by atoms with Gasteiger partial charge in [0.25, 0.3) is 0 Å². The topological polar surface area (TPSA) is 90.9 Å². The minimum Gasteiger partial charge on any atom is -0.462 e. The van der Waals surface area contributed by atoms with Gasteiger partial charge in [-0.05, 0) is 33.8 Å². The number of ether oxygens (including phenoxy) is 3. The molecule has 0 bridgehead atoms. The van der Waals surface area contributed by atoms with Gasteiger partial charge in [-0.15, -0.1) is 5.10 Å². The molecule has 9 heteroatoms. The fraction of sp³-hybridized carbons (Fsp3) is 0.625. The molecule has 1 saturated heterocycles. The SMILES string of the molecule is CCOC(=O)C(=Cc1nnsc1N1CC(C)OC(C)C1)C(=O)OCC. The van der Waals surface area contributed by atoms with Crippen molar-refractivity contribution in [2.24, 2.45) is 0 Å². The summed E-state index contributed by atoms with van der Waals surface area (Å²) in [5.41, 5.74) is 0.259. The average Bonchev–Trinajstić information content (AvgIpc) is 3.00. The number of hydrogen-bond donors (Lipinski definition) is 0. The maximum Gasteiger partial charge on any atom is 0.345 e. The maximum atomic E-state index is 12.1. The second-order valence-corrected chi connectivity index (χ2v) is 6.36. The lowest BCUT2D eigenvalue weighted by Gasteiger charge is -2.35. The molecule has 138 valence electrons. The molecule has 0 aliphatic carbocycles. The summed E-state index contributed by atoms with van der Waals surface area (Å²) in [5.74, 6) is -1.47. The minimum absolute atomic E-state index is 0.0669. The van der Waals surface area contributed by atoms with Gasteiger partial charge in [-0.3, -0.25) is 0 Å². The van der Waals surface area contributed by atoms with Gasteiger partial charge in [0.05, 0.1) is 25.4 Å². The summed E-state index contributed by atoms with van der Waals surface area (Å²) in [6.45, 7) is 9.03. The Bertz CT molecular complexity index is 615. The lowest BCUT2D eigenvalue weighted by Crippen LogP contribution is -2.45. The van der Waals surface area contributed by atoms with E-state index in [0.717, 1.165) is 5.00 Å². The van der Waals surface area contributed by atoms with Gasteiger partial charge in [-0.2, -0.15) is 0 Å². The molecule has 0 radical (unpaired) electrons. The van der Waals surface area contributed by atoms with Crippen LogP contribution in [0.2, 0.25) is 0 Å². The number of carbonyl (C=O) groups excluding carboxylic acids is 2. The van der Waals surface area contributed by atoms with E-state index < -0.39 is 11.9 Å². The summed E-state index contributed by atoms with van der Waals surface area (Å²) in [7, 11) is 0. The molecular formula is C16H23N3O5S. The fourth-order valence-corrected chi connectivity index (χ4v) is 3.27. The Morgan fingerprint density at radius 3 is 2.28 bits per heavy atom. The first-order chi connectivity index (χ1) is 12.0. The third kappa shape index (κ3) is 4.99. The number of carbonyl (C=O) groups is 2. The Labute approximate surface area is 150 Å². The van der Waals surface area contributed by atoms with Gasteiger partial charge in [0.2, 0.25) is 0 Å². The molecular weight excluding hydrogens is 346 g/mol. The molecule has 1 aliphatic rings. The predicted molar refractivity (Wildman–Crippen MR) is 93.4 cm³/mol. The summed E-state index contributed by atoms with van der Waals surface area (Å²) in [4.78, 5) is 26.3. The van der Waals surface area contributed by atoms with Crippen molar-refractivity contribution in [2.75, 3.05) is 31.2 Å². The molecule has 8 nitrogen and oxygen atoms in total. The lowest BCUT2D eigenvalue weighted by atomic mass is 10.2. The smallest absolute Gasteiger partial charge is 0.345 e. The van der Waals surface area contributed by atoms with Gasteiger partial charge in [0, 0.05) is 24.6 Å². The Balaban J connectivity index is 2.32. The van der Waals surface area contributed by atoms with Crippen LogP contribution in [0, 0.1) is 0 Å². The number of morpholine rings is 1.